The zero-order valence-electron chi connectivity index (χ0n) is 16.2. The van der Waals surface area contributed by atoms with E-state index in [2.05, 4.69) is 36.2 Å². The number of rotatable bonds is 4. The van der Waals surface area contributed by atoms with Crippen molar-refractivity contribution in [1.29, 1.82) is 0 Å². The number of fused-ring (bicyclic) bond motifs is 2. The Morgan fingerprint density at radius 1 is 0.966 bits per heavy atom. The van der Waals surface area contributed by atoms with Crippen molar-refractivity contribution in [2.24, 2.45) is 0 Å². The molecule has 1 atom stereocenters. The highest BCUT2D eigenvalue weighted by Crippen LogP contribution is 2.42. The van der Waals surface area contributed by atoms with Crippen LogP contribution in [0.3, 0.4) is 0 Å². The summed E-state index contributed by atoms with van der Waals surface area (Å²) >= 11 is 6.02. The third-order valence-electron chi connectivity index (χ3n) is 5.83. The number of hydrogen-bond acceptors (Lipinski definition) is 1. The number of aryl methyl sites for hydroxylation is 1. The number of halogens is 1. The second-order valence-corrected chi connectivity index (χ2v) is 8.01. The number of amides is 1. The average molecular weight is 401 g/mol. The number of nitrogens with zero attached hydrogens (tertiary/aromatic N) is 1. The van der Waals surface area contributed by atoms with Gasteiger partial charge in [0.2, 0.25) is 0 Å². The smallest absolute Gasteiger partial charge is 0.255 e. The van der Waals surface area contributed by atoms with E-state index in [1.165, 1.54) is 16.5 Å². The summed E-state index contributed by atoms with van der Waals surface area (Å²) in [6.45, 7) is 2.75. The number of H-pyrrole nitrogens is 1. The van der Waals surface area contributed by atoms with Gasteiger partial charge in [-0.25, -0.2) is 0 Å². The summed E-state index contributed by atoms with van der Waals surface area (Å²) in [5, 5.41) is 1.90. The van der Waals surface area contributed by atoms with Gasteiger partial charge in [-0.1, -0.05) is 60.1 Å². The van der Waals surface area contributed by atoms with Crippen LogP contribution in [0.2, 0.25) is 5.02 Å². The first-order valence-corrected chi connectivity index (χ1v) is 10.2. The van der Waals surface area contributed by atoms with Gasteiger partial charge in [0.25, 0.3) is 5.91 Å². The van der Waals surface area contributed by atoms with Crippen molar-refractivity contribution in [3.05, 3.63) is 106 Å². The summed E-state index contributed by atoms with van der Waals surface area (Å²) in [5.74, 6) is 0.101. The van der Waals surface area contributed by atoms with Crippen LogP contribution in [0.25, 0.3) is 10.9 Å². The standard InChI is InChI=1S/C25H21ClN2O/c1-16-23(21-8-4-5-9-22(21)27-16)24-19-6-2-3-7-20(19)25(29)28(24)15-14-17-10-12-18(26)13-11-17/h2-13,24,27H,14-15H2,1H3/t24-/m1/s1. The molecule has 2 heterocycles. The summed E-state index contributed by atoms with van der Waals surface area (Å²) in [4.78, 5) is 18.8. The normalized spacial score (nSPS) is 15.9. The summed E-state index contributed by atoms with van der Waals surface area (Å²) in [6, 6.07) is 24.1. The monoisotopic (exact) mass is 400 g/mol. The first kappa shape index (κ1) is 18.0. The Labute approximate surface area is 174 Å². The number of para-hydroxylation sites is 1. The average Bonchev–Trinajstić information content (AvgIpc) is 3.21. The first-order chi connectivity index (χ1) is 14.1. The minimum absolute atomic E-state index is 0.0813. The van der Waals surface area contributed by atoms with E-state index in [0.717, 1.165) is 33.8 Å². The molecule has 0 radical (unpaired) electrons. The first-order valence-electron chi connectivity index (χ1n) is 9.85. The van der Waals surface area contributed by atoms with Crippen LogP contribution in [0.5, 0.6) is 0 Å². The third-order valence-corrected chi connectivity index (χ3v) is 6.08. The highest BCUT2D eigenvalue weighted by atomic mass is 35.5. The molecule has 1 aliphatic rings. The van der Waals surface area contributed by atoms with Gasteiger partial charge < -0.3 is 9.88 Å². The maximum atomic E-state index is 13.3. The molecule has 0 saturated heterocycles. The Balaban J connectivity index is 1.58. The minimum atomic E-state index is -0.0813. The maximum absolute atomic E-state index is 13.3. The number of aromatic nitrogens is 1. The Morgan fingerprint density at radius 3 is 2.52 bits per heavy atom. The molecule has 0 bridgehead atoms. The van der Waals surface area contributed by atoms with Gasteiger partial charge >= 0.3 is 0 Å². The van der Waals surface area contributed by atoms with Crippen molar-refractivity contribution < 1.29 is 4.79 Å². The van der Waals surface area contributed by atoms with Gasteiger partial charge in [-0.2, -0.15) is 0 Å². The van der Waals surface area contributed by atoms with Crippen LogP contribution in [-0.2, 0) is 6.42 Å². The molecule has 144 valence electrons. The van der Waals surface area contributed by atoms with E-state index >= 15 is 0 Å². The van der Waals surface area contributed by atoms with E-state index < -0.39 is 0 Å². The van der Waals surface area contributed by atoms with Crippen molar-refractivity contribution in [2.75, 3.05) is 6.54 Å². The number of hydrogen-bond donors (Lipinski definition) is 1. The fourth-order valence-corrected chi connectivity index (χ4v) is 4.59. The van der Waals surface area contributed by atoms with Crippen LogP contribution in [0, 0.1) is 6.92 Å². The summed E-state index contributed by atoms with van der Waals surface area (Å²) in [5.41, 5.74) is 6.47. The largest absolute Gasteiger partial charge is 0.358 e. The molecular formula is C25H21ClN2O. The van der Waals surface area contributed by atoms with E-state index in [-0.39, 0.29) is 11.9 Å². The molecule has 1 aromatic heterocycles. The van der Waals surface area contributed by atoms with E-state index in [1.54, 1.807) is 0 Å². The van der Waals surface area contributed by atoms with Crippen LogP contribution >= 0.6 is 11.6 Å². The highest BCUT2D eigenvalue weighted by molar-refractivity contribution is 6.30. The van der Waals surface area contributed by atoms with Gasteiger partial charge in [0.05, 0.1) is 6.04 Å². The number of carbonyl (C=O) groups is 1. The Hall–Kier alpha value is -3.04. The van der Waals surface area contributed by atoms with Crippen molar-refractivity contribution in [2.45, 2.75) is 19.4 Å². The number of nitrogens with one attached hydrogen (secondary N) is 1. The summed E-state index contributed by atoms with van der Waals surface area (Å²) < 4.78 is 0. The Kier molecular flexibility index (Phi) is 4.40. The van der Waals surface area contributed by atoms with E-state index in [0.29, 0.717) is 6.54 Å². The second kappa shape index (κ2) is 7.09. The number of carbonyl (C=O) groups excluding carboxylic acids is 1. The SMILES string of the molecule is Cc1[nH]c2ccccc2c1[C@H]1c2ccccc2C(=O)N1CCc1ccc(Cl)cc1. The van der Waals surface area contributed by atoms with Crippen LogP contribution in [0.4, 0.5) is 0 Å². The van der Waals surface area contributed by atoms with Crippen LogP contribution in [0.1, 0.15) is 38.8 Å². The van der Waals surface area contributed by atoms with Gasteiger partial charge in [-0.15, -0.1) is 0 Å². The molecule has 4 heteroatoms. The molecule has 1 N–H and O–H groups in total. The topological polar surface area (TPSA) is 36.1 Å². The maximum Gasteiger partial charge on any atom is 0.255 e. The molecular weight excluding hydrogens is 380 g/mol. The van der Waals surface area contributed by atoms with E-state index in [1.807, 2.05) is 53.4 Å². The fraction of sp³-hybridized carbons (Fsp3) is 0.160. The third kappa shape index (κ3) is 3.02. The van der Waals surface area contributed by atoms with Gasteiger partial charge in [0.1, 0.15) is 0 Å². The molecule has 3 aromatic carbocycles. The Morgan fingerprint density at radius 2 is 1.69 bits per heavy atom. The van der Waals surface area contributed by atoms with Crippen molar-refractivity contribution in [1.82, 2.24) is 9.88 Å². The molecule has 0 saturated carbocycles. The van der Waals surface area contributed by atoms with Gasteiger partial charge in [-0.3, -0.25) is 4.79 Å². The lowest BCUT2D eigenvalue weighted by atomic mass is 9.95. The van der Waals surface area contributed by atoms with Crippen LogP contribution in [0.15, 0.2) is 72.8 Å². The molecule has 1 amide bonds. The molecule has 0 unspecified atom stereocenters. The molecule has 3 nitrogen and oxygen atoms in total. The molecule has 29 heavy (non-hydrogen) atoms. The molecule has 0 spiro atoms. The lowest BCUT2D eigenvalue weighted by Crippen LogP contribution is -2.31. The Bertz CT molecular complexity index is 1210. The van der Waals surface area contributed by atoms with E-state index in [4.69, 9.17) is 11.6 Å². The summed E-state index contributed by atoms with van der Waals surface area (Å²) in [7, 11) is 0. The van der Waals surface area contributed by atoms with Crippen molar-refractivity contribution >= 4 is 28.4 Å². The van der Waals surface area contributed by atoms with Gasteiger partial charge in [-0.05, 0) is 48.7 Å². The van der Waals surface area contributed by atoms with E-state index in [9.17, 15) is 4.79 Å². The zero-order valence-corrected chi connectivity index (χ0v) is 16.9. The molecule has 0 fully saturated rings. The summed E-state index contributed by atoms with van der Waals surface area (Å²) in [6.07, 6.45) is 0.787. The fourth-order valence-electron chi connectivity index (χ4n) is 4.46. The minimum Gasteiger partial charge on any atom is -0.358 e. The van der Waals surface area contributed by atoms with Crippen molar-refractivity contribution in [3.63, 3.8) is 0 Å². The van der Waals surface area contributed by atoms with Crippen LogP contribution in [-0.4, -0.2) is 22.3 Å². The molecule has 0 aliphatic carbocycles. The predicted molar refractivity (Wildman–Crippen MR) is 118 cm³/mol. The van der Waals surface area contributed by atoms with Crippen LogP contribution < -0.4 is 0 Å². The molecule has 4 aromatic rings. The highest BCUT2D eigenvalue weighted by Gasteiger charge is 2.39. The lowest BCUT2D eigenvalue weighted by Gasteiger charge is -2.26. The quantitative estimate of drug-likeness (QED) is 0.453. The number of benzene rings is 3. The molecule has 1 aliphatic heterocycles. The number of aromatic amines is 1. The lowest BCUT2D eigenvalue weighted by molar-refractivity contribution is 0.0752. The second-order valence-electron chi connectivity index (χ2n) is 7.57. The predicted octanol–water partition coefficient (Wildman–Crippen LogP) is 5.92. The van der Waals surface area contributed by atoms with Gasteiger partial charge in [0, 0.05) is 39.3 Å². The zero-order chi connectivity index (χ0) is 20.0. The molecule has 5 rings (SSSR count). The van der Waals surface area contributed by atoms with Crippen molar-refractivity contribution in [3.8, 4) is 0 Å². The van der Waals surface area contributed by atoms with Gasteiger partial charge in [0.15, 0.2) is 0 Å².